The number of anilines is 1. The Hall–Kier alpha value is -4.75. The maximum atomic E-state index is 13.8. The van der Waals surface area contributed by atoms with Gasteiger partial charge in [-0.1, -0.05) is 0 Å². The SMILES string of the molecule is COc1nc(C)c(-c2ccc3nc(NC(C)=O)cn3n2)cc1C(=O)NCc1cc(F)cc(OC(F)(F)F)c1. The van der Waals surface area contributed by atoms with Crippen LogP contribution in [0.25, 0.3) is 16.9 Å². The quantitative estimate of drug-likeness (QED) is 0.345. The van der Waals surface area contributed by atoms with Gasteiger partial charge in [0.2, 0.25) is 11.8 Å². The van der Waals surface area contributed by atoms with Crippen LogP contribution in [0, 0.1) is 12.7 Å². The van der Waals surface area contributed by atoms with Gasteiger partial charge in [-0.3, -0.25) is 9.59 Å². The number of aromatic nitrogens is 4. The minimum absolute atomic E-state index is 0.000685. The molecular formula is C24H20F4N6O4. The lowest BCUT2D eigenvalue weighted by molar-refractivity contribution is -0.274. The van der Waals surface area contributed by atoms with E-state index in [0.717, 1.165) is 12.1 Å². The highest BCUT2D eigenvalue weighted by Gasteiger charge is 2.31. The standard InChI is InChI=1S/C24H20F4N6O4/c1-12-17(19-4-5-21-32-20(31-13(2)35)11-34(21)33-19)9-18(23(30-12)37-3)22(36)29-10-14-6-15(25)8-16(7-14)38-24(26,27)28/h4-9,11H,10H2,1-3H3,(H,29,36)(H,31,35). The lowest BCUT2D eigenvalue weighted by Gasteiger charge is -2.14. The number of nitrogens with one attached hydrogen (secondary N) is 2. The molecular weight excluding hydrogens is 512 g/mol. The predicted molar refractivity (Wildman–Crippen MR) is 126 cm³/mol. The molecule has 1 aromatic carbocycles. The third kappa shape index (κ3) is 6.14. The van der Waals surface area contributed by atoms with Gasteiger partial charge >= 0.3 is 6.36 Å². The van der Waals surface area contributed by atoms with Crippen molar-refractivity contribution >= 4 is 23.3 Å². The van der Waals surface area contributed by atoms with Crippen LogP contribution in [0.15, 0.2) is 42.6 Å². The number of methoxy groups -OCH3 is 1. The highest BCUT2D eigenvalue weighted by atomic mass is 19.4. The zero-order chi connectivity index (χ0) is 27.6. The molecule has 3 aromatic heterocycles. The molecule has 0 spiro atoms. The van der Waals surface area contributed by atoms with Crippen LogP contribution in [0.5, 0.6) is 11.6 Å². The molecule has 0 bridgehead atoms. The first-order valence-electron chi connectivity index (χ1n) is 11.0. The van der Waals surface area contributed by atoms with E-state index in [9.17, 15) is 27.2 Å². The first-order chi connectivity index (χ1) is 17.9. The van der Waals surface area contributed by atoms with Crippen molar-refractivity contribution in [3.8, 4) is 22.9 Å². The maximum Gasteiger partial charge on any atom is 0.573 e. The number of aryl methyl sites for hydroxylation is 1. The predicted octanol–water partition coefficient (Wildman–Crippen LogP) is 4.03. The highest BCUT2D eigenvalue weighted by molar-refractivity contribution is 5.97. The Balaban J connectivity index is 1.61. The van der Waals surface area contributed by atoms with E-state index < -0.39 is 23.8 Å². The van der Waals surface area contributed by atoms with E-state index in [2.05, 4.69) is 30.4 Å². The van der Waals surface area contributed by atoms with Crippen LogP contribution >= 0.6 is 0 Å². The van der Waals surface area contributed by atoms with Crippen LogP contribution < -0.4 is 20.1 Å². The normalized spacial score (nSPS) is 11.3. The minimum atomic E-state index is -5.00. The van der Waals surface area contributed by atoms with Gasteiger partial charge < -0.3 is 20.1 Å². The Morgan fingerprint density at radius 2 is 1.87 bits per heavy atom. The van der Waals surface area contributed by atoms with Crippen molar-refractivity contribution in [2.75, 3.05) is 12.4 Å². The summed E-state index contributed by atoms with van der Waals surface area (Å²) in [5.41, 5.74) is 1.94. The number of carbonyl (C=O) groups excluding carboxylic acids is 2. The van der Waals surface area contributed by atoms with Gasteiger partial charge in [0.05, 0.1) is 24.7 Å². The summed E-state index contributed by atoms with van der Waals surface area (Å²) in [6.45, 7) is 2.74. The second-order valence-electron chi connectivity index (χ2n) is 8.03. The maximum absolute atomic E-state index is 13.8. The largest absolute Gasteiger partial charge is 0.573 e. The molecule has 0 atom stereocenters. The van der Waals surface area contributed by atoms with Crippen molar-refractivity contribution in [3.63, 3.8) is 0 Å². The Morgan fingerprint density at radius 3 is 2.55 bits per heavy atom. The number of pyridine rings is 1. The van der Waals surface area contributed by atoms with Gasteiger partial charge in [0.25, 0.3) is 5.91 Å². The lowest BCUT2D eigenvalue weighted by atomic mass is 10.1. The number of hydrogen-bond donors (Lipinski definition) is 2. The Bertz CT molecular complexity index is 1540. The molecule has 0 unspecified atom stereocenters. The molecule has 0 saturated carbocycles. The smallest absolute Gasteiger partial charge is 0.480 e. The van der Waals surface area contributed by atoms with Gasteiger partial charge in [-0.2, -0.15) is 5.10 Å². The van der Waals surface area contributed by atoms with Gasteiger partial charge in [0, 0.05) is 25.1 Å². The van der Waals surface area contributed by atoms with Crippen molar-refractivity contribution in [1.29, 1.82) is 0 Å². The average Bonchev–Trinajstić information content (AvgIpc) is 3.21. The van der Waals surface area contributed by atoms with Crippen molar-refractivity contribution in [2.24, 2.45) is 0 Å². The second kappa shape index (κ2) is 10.3. The molecule has 0 aliphatic rings. The summed E-state index contributed by atoms with van der Waals surface area (Å²) in [6, 6.07) is 7.35. The second-order valence-corrected chi connectivity index (χ2v) is 8.03. The molecule has 0 fully saturated rings. The van der Waals surface area contributed by atoms with Gasteiger partial charge in [-0.05, 0) is 42.8 Å². The van der Waals surface area contributed by atoms with E-state index in [-0.39, 0.29) is 29.5 Å². The summed E-state index contributed by atoms with van der Waals surface area (Å²) in [6.07, 6.45) is -3.47. The van der Waals surface area contributed by atoms with E-state index in [1.54, 1.807) is 19.1 Å². The van der Waals surface area contributed by atoms with E-state index in [4.69, 9.17) is 4.74 Å². The molecule has 38 heavy (non-hydrogen) atoms. The summed E-state index contributed by atoms with van der Waals surface area (Å²) in [7, 11) is 1.32. The molecule has 0 saturated heterocycles. The van der Waals surface area contributed by atoms with E-state index in [0.29, 0.717) is 34.5 Å². The van der Waals surface area contributed by atoms with Crippen LogP contribution in [-0.4, -0.2) is 44.9 Å². The molecule has 3 heterocycles. The van der Waals surface area contributed by atoms with E-state index >= 15 is 0 Å². The third-order valence-corrected chi connectivity index (χ3v) is 5.13. The summed E-state index contributed by atoms with van der Waals surface area (Å²) in [5, 5.41) is 9.56. The van der Waals surface area contributed by atoms with Crippen LogP contribution in [-0.2, 0) is 11.3 Å². The van der Waals surface area contributed by atoms with Crippen LogP contribution in [0.3, 0.4) is 0 Å². The fourth-order valence-corrected chi connectivity index (χ4v) is 3.62. The summed E-state index contributed by atoms with van der Waals surface area (Å²) in [4.78, 5) is 32.9. The average molecular weight is 532 g/mol. The highest BCUT2D eigenvalue weighted by Crippen LogP contribution is 2.28. The van der Waals surface area contributed by atoms with E-state index in [1.807, 2.05) is 0 Å². The summed E-state index contributed by atoms with van der Waals surface area (Å²) < 4.78 is 61.8. The molecule has 0 aliphatic heterocycles. The van der Waals surface area contributed by atoms with Gasteiger partial charge in [0.15, 0.2) is 11.5 Å². The summed E-state index contributed by atoms with van der Waals surface area (Å²) in [5.74, 6) is -2.36. The van der Waals surface area contributed by atoms with Crippen molar-refractivity contribution in [2.45, 2.75) is 26.8 Å². The number of halogens is 4. The number of fused-ring (bicyclic) bond motifs is 1. The monoisotopic (exact) mass is 532 g/mol. The molecule has 0 radical (unpaired) electrons. The number of imidazole rings is 1. The molecule has 2 N–H and O–H groups in total. The van der Waals surface area contributed by atoms with E-state index in [1.165, 1.54) is 30.8 Å². The number of benzene rings is 1. The number of ether oxygens (including phenoxy) is 2. The Kier molecular flexibility index (Phi) is 7.15. The first kappa shape index (κ1) is 26.3. The zero-order valence-electron chi connectivity index (χ0n) is 20.2. The third-order valence-electron chi connectivity index (χ3n) is 5.13. The number of hydrogen-bond acceptors (Lipinski definition) is 7. The van der Waals surface area contributed by atoms with Gasteiger partial charge in [0.1, 0.15) is 17.1 Å². The molecule has 2 amide bonds. The van der Waals surface area contributed by atoms with Crippen molar-refractivity contribution < 1.29 is 36.6 Å². The van der Waals surface area contributed by atoms with Gasteiger partial charge in [-0.25, -0.2) is 18.9 Å². The number of carbonyl (C=O) groups is 2. The number of amides is 2. The molecule has 4 aromatic rings. The van der Waals surface area contributed by atoms with Crippen LogP contribution in [0.2, 0.25) is 0 Å². The number of nitrogens with zero attached hydrogens (tertiary/aromatic N) is 4. The summed E-state index contributed by atoms with van der Waals surface area (Å²) >= 11 is 0. The Labute approximate surface area is 212 Å². The van der Waals surface area contributed by atoms with Crippen molar-refractivity contribution in [1.82, 2.24) is 24.9 Å². The minimum Gasteiger partial charge on any atom is -0.480 e. The fraction of sp³-hybridized carbons (Fsp3) is 0.208. The van der Waals surface area contributed by atoms with Crippen LogP contribution in [0.1, 0.15) is 28.5 Å². The first-order valence-corrected chi connectivity index (χ1v) is 11.0. The zero-order valence-corrected chi connectivity index (χ0v) is 20.2. The molecule has 10 nitrogen and oxygen atoms in total. The fourth-order valence-electron chi connectivity index (χ4n) is 3.62. The number of alkyl halides is 3. The van der Waals surface area contributed by atoms with Gasteiger partial charge in [-0.15, -0.1) is 13.2 Å². The molecule has 198 valence electrons. The number of rotatable bonds is 7. The molecule has 0 aliphatic carbocycles. The Morgan fingerprint density at radius 1 is 1.11 bits per heavy atom. The lowest BCUT2D eigenvalue weighted by Crippen LogP contribution is -2.24. The molecule has 14 heteroatoms. The van der Waals surface area contributed by atoms with Crippen molar-refractivity contribution in [3.05, 3.63) is 65.2 Å². The molecule has 4 rings (SSSR count). The van der Waals surface area contributed by atoms with Crippen LogP contribution in [0.4, 0.5) is 23.4 Å². The topological polar surface area (TPSA) is 120 Å².